The van der Waals surface area contributed by atoms with Crippen molar-refractivity contribution in [2.75, 3.05) is 19.6 Å². The minimum Gasteiger partial charge on any atom is -0.388 e. The second-order valence-corrected chi connectivity index (χ2v) is 4.39. The largest absolute Gasteiger partial charge is 0.388 e. The van der Waals surface area contributed by atoms with E-state index in [2.05, 4.69) is 25.7 Å². The van der Waals surface area contributed by atoms with Crippen LogP contribution < -0.4 is 5.73 Å². The molecule has 0 amide bonds. The van der Waals surface area contributed by atoms with Crippen molar-refractivity contribution in [1.82, 2.24) is 4.90 Å². The van der Waals surface area contributed by atoms with Gasteiger partial charge in [0.2, 0.25) is 0 Å². The first-order valence-corrected chi connectivity index (χ1v) is 6.15. The van der Waals surface area contributed by atoms with E-state index in [1.807, 2.05) is 0 Å². The zero-order valence-corrected chi connectivity index (χ0v) is 10.6. The topological polar surface area (TPSA) is 53.1 Å². The molecule has 0 heterocycles. The minimum atomic E-state index is 0.319. The number of nitrogens with one attached hydrogen (secondary N) is 1. The first-order chi connectivity index (χ1) is 7.10. The van der Waals surface area contributed by atoms with Crippen molar-refractivity contribution in [3.63, 3.8) is 0 Å². The molecular formula is C12H27N3. The Morgan fingerprint density at radius 1 is 1.33 bits per heavy atom. The maximum atomic E-state index is 7.13. The predicted molar refractivity (Wildman–Crippen MR) is 67.3 cm³/mol. The van der Waals surface area contributed by atoms with Crippen LogP contribution in [0.5, 0.6) is 0 Å². The number of rotatable bonds is 9. The molecule has 0 fully saturated rings. The number of hydrogen-bond donors (Lipinski definition) is 2. The molecule has 0 aliphatic heterocycles. The fraction of sp³-hybridized carbons (Fsp3) is 0.917. The van der Waals surface area contributed by atoms with Crippen molar-refractivity contribution in [1.29, 1.82) is 5.41 Å². The molecule has 0 aliphatic carbocycles. The van der Waals surface area contributed by atoms with Crippen molar-refractivity contribution in [3.05, 3.63) is 0 Å². The minimum absolute atomic E-state index is 0.319. The van der Waals surface area contributed by atoms with Gasteiger partial charge in [0, 0.05) is 13.0 Å². The fourth-order valence-corrected chi connectivity index (χ4v) is 1.60. The standard InChI is InChI=1S/C12H27N3/c1-4-11(3)10-15(5-2)9-7-6-8-12(13)14/h11H,4-10H2,1-3H3,(H3,13,14). The smallest absolute Gasteiger partial charge is 0.0905 e. The fourth-order valence-electron chi connectivity index (χ4n) is 1.60. The zero-order valence-electron chi connectivity index (χ0n) is 10.6. The van der Waals surface area contributed by atoms with Crippen LogP contribution in [-0.4, -0.2) is 30.4 Å². The average Bonchev–Trinajstić information content (AvgIpc) is 2.21. The van der Waals surface area contributed by atoms with E-state index in [0.29, 0.717) is 5.84 Å². The lowest BCUT2D eigenvalue weighted by atomic mass is 10.1. The van der Waals surface area contributed by atoms with Crippen molar-refractivity contribution in [3.8, 4) is 0 Å². The highest BCUT2D eigenvalue weighted by Crippen LogP contribution is 2.06. The van der Waals surface area contributed by atoms with Gasteiger partial charge in [0.25, 0.3) is 0 Å². The van der Waals surface area contributed by atoms with Gasteiger partial charge in [0.1, 0.15) is 0 Å². The van der Waals surface area contributed by atoms with Gasteiger partial charge in [-0.05, 0) is 31.8 Å². The van der Waals surface area contributed by atoms with Crippen molar-refractivity contribution < 1.29 is 0 Å². The number of hydrogen-bond acceptors (Lipinski definition) is 2. The molecule has 3 nitrogen and oxygen atoms in total. The van der Waals surface area contributed by atoms with Gasteiger partial charge in [0.05, 0.1) is 5.84 Å². The van der Waals surface area contributed by atoms with Crippen molar-refractivity contribution in [2.45, 2.75) is 46.5 Å². The summed E-state index contributed by atoms with van der Waals surface area (Å²) in [5.41, 5.74) is 5.31. The number of nitrogens with two attached hydrogens (primary N) is 1. The number of amidine groups is 1. The lowest BCUT2D eigenvalue weighted by molar-refractivity contribution is 0.242. The Hall–Kier alpha value is -0.570. The monoisotopic (exact) mass is 213 g/mol. The van der Waals surface area contributed by atoms with Gasteiger partial charge >= 0.3 is 0 Å². The third-order valence-corrected chi connectivity index (χ3v) is 2.88. The molecule has 3 heteroatoms. The molecule has 0 spiro atoms. The van der Waals surface area contributed by atoms with E-state index in [4.69, 9.17) is 11.1 Å². The molecule has 1 atom stereocenters. The molecule has 0 aromatic rings. The summed E-state index contributed by atoms with van der Waals surface area (Å²) in [5, 5.41) is 7.13. The molecule has 0 aromatic carbocycles. The van der Waals surface area contributed by atoms with Gasteiger partial charge in [-0.25, -0.2) is 0 Å². The molecule has 90 valence electrons. The van der Waals surface area contributed by atoms with Gasteiger partial charge in [0.15, 0.2) is 0 Å². The van der Waals surface area contributed by atoms with E-state index in [0.717, 1.165) is 38.3 Å². The molecule has 0 saturated heterocycles. The summed E-state index contributed by atoms with van der Waals surface area (Å²) < 4.78 is 0. The quantitative estimate of drug-likeness (QED) is 0.351. The van der Waals surface area contributed by atoms with E-state index < -0.39 is 0 Å². The second-order valence-electron chi connectivity index (χ2n) is 4.39. The van der Waals surface area contributed by atoms with Crippen LogP contribution in [0.3, 0.4) is 0 Å². The SMILES string of the molecule is CCC(C)CN(CC)CCCCC(=N)N. The van der Waals surface area contributed by atoms with Crippen LogP contribution >= 0.6 is 0 Å². The van der Waals surface area contributed by atoms with Gasteiger partial charge in [-0.1, -0.05) is 27.2 Å². The van der Waals surface area contributed by atoms with E-state index in [-0.39, 0.29) is 0 Å². The Labute approximate surface area is 94.5 Å². The highest BCUT2D eigenvalue weighted by Gasteiger charge is 2.06. The third-order valence-electron chi connectivity index (χ3n) is 2.88. The van der Waals surface area contributed by atoms with Crippen LogP contribution in [0.1, 0.15) is 46.5 Å². The van der Waals surface area contributed by atoms with Crippen molar-refractivity contribution in [2.24, 2.45) is 11.7 Å². The van der Waals surface area contributed by atoms with E-state index in [1.165, 1.54) is 13.0 Å². The predicted octanol–water partition coefficient (Wildman–Crippen LogP) is 2.46. The maximum absolute atomic E-state index is 7.13. The Morgan fingerprint density at radius 3 is 2.47 bits per heavy atom. The highest BCUT2D eigenvalue weighted by atomic mass is 15.1. The molecule has 0 saturated carbocycles. The molecule has 1 unspecified atom stereocenters. The maximum Gasteiger partial charge on any atom is 0.0905 e. The van der Waals surface area contributed by atoms with Crippen LogP contribution in [0.2, 0.25) is 0 Å². The van der Waals surface area contributed by atoms with Crippen LogP contribution in [0, 0.1) is 11.3 Å². The Kier molecular flexibility index (Phi) is 8.38. The summed E-state index contributed by atoms with van der Waals surface area (Å²) in [5.74, 6) is 1.11. The second kappa shape index (κ2) is 8.72. The van der Waals surface area contributed by atoms with Gasteiger partial charge in [-0.2, -0.15) is 0 Å². The van der Waals surface area contributed by atoms with E-state index >= 15 is 0 Å². The zero-order chi connectivity index (χ0) is 11.7. The first-order valence-electron chi connectivity index (χ1n) is 6.15. The first kappa shape index (κ1) is 14.4. The van der Waals surface area contributed by atoms with E-state index in [9.17, 15) is 0 Å². The Bertz CT molecular complexity index is 168. The molecule has 0 aromatic heterocycles. The molecule has 0 aliphatic rings. The van der Waals surface area contributed by atoms with Crippen LogP contribution in [0.25, 0.3) is 0 Å². The number of nitrogens with zero attached hydrogens (tertiary/aromatic N) is 1. The Morgan fingerprint density at radius 2 is 2.00 bits per heavy atom. The van der Waals surface area contributed by atoms with Crippen LogP contribution in [0.4, 0.5) is 0 Å². The molecule has 3 N–H and O–H groups in total. The highest BCUT2D eigenvalue weighted by molar-refractivity contribution is 5.76. The molecule has 15 heavy (non-hydrogen) atoms. The lowest BCUT2D eigenvalue weighted by Gasteiger charge is -2.23. The summed E-state index contributed by atoms with van der Waals surface area (Å²) >= 11 is 0. The molecule has 0 radical (unpaired) electrons. The summed E-state index contributed by atoms with van der Waals surface area (Å²) in [4.78, 5) is 2.49. The average molecular weight is 213 g/mol. The van der Waals surface area contributed by atoms with Gasteiger partial charge < -0.3 is 10.6 Å². The number of unbranched alkanes of at least 4 members (excludes halogenated alkanes) is 1. The third kappa shape index (κ3) is 8.43. The van der Waals surface area contributed by atoms with Crippen LogP contribution in [0.15, 0.2) is 0 Å². The van der Waals surface area contributed by atoms with Crippen molar-refractivity contribution >= 4 is 5.84 Å². The molecule has 0 bridgehead atoms. The summed E-state index contributed by atoms with van der Waals surface area (Å²) in [6.45, 7) is 10.2. The summed E-state index contributed by atoms with van der Waals surface area (Å²) in [6, 6.07) is 0. The van der Waals surface area contributed by atoms with Crippen LogP contribution in [-0.2, 0) is 0 Å². The molecule has 0 rings (SSSR count). The normalized spacial score (nSPS) is 13.1. The van der Waals surface area contributed by atoms with E-state index in [1.54, 1.807) is 0 Å². The summed E-state index contributed by atoms with van der Waals surface area (Å²) in [7, 11) is 0. The van der Waals surface area contributed by atoms with Gasteiger partial charge in [-0.15, -0.1) is 0 Å². The summed E-state index contributed by atoms with van der Waals surface area (Å²) in [6.07, 6.45) is 4.21. The van der Waals surface area contributed by atoms with Gasteiger partial charge in [-0.3, -0.25) is 5.41 Å². The Balaban J connectivity index is 3.56. The lowest BCUT2D eigenvalue weighted by Crippen LogP contribution is -2.29. The molecular weight excluding hydrogens is 186 g/mol.